The number of hydrogen-bond acceptors (Lipinski definition) is 7. The minimum absolute atomic E-state index is 0.506. The van der Waals surface area contributed by atoms with Crippen molar-refractivity contribution < 1.29 is 0 Å². The molecule has 7 heteroatoms. The number of para-hydroxylation sites is 1. The lowest BCUT2D eigenvalue weighted by atomic mass is 10.2. The van der Waals surface area contributed by atoms with E-state index in [4.69, 9.17) is 5.73 Å². The van der Waals surface area contributed by atoms with E-state index in [1.807, 2.05) is 36.2 Å². The molecule has 2 aromatic heterocycles. The Morgan fingerprint density at radius 1 is 1.07 bits per heavy atom. The number of nitrogens with zero attached hydrogens (tertiary/aromatic N) is 4. The second-order valence-corrected chi connectivity index (χ2v) is 7.40. The van der Waals surface area contributed by atoms with Crippen LogP contribution in [0.25, 0.3) is 10.2 Å². The molecule has 0 saturated carbocycles. The van der Waals surface area contributed by atoms with E-state index in [0.29, 0.717) is 23.9 Å². The highest BCUT2D eigenvalue weighted by atomic mass is 32.1. The van der Waals surface area contributed by atoms with Crippen LogP contribution in [0.4, 0.5) is 22.5 Å². The monoisotopic (exact) mass is 376 g/mol. The Morgan fingerprint density at radius 2 is 1.89 bits per heavy atom. The molecule has 0 unspecified atom stereocenters. The molecule has 27 heavy (non-hydrogen) atoms. The summed E-state index contributed by atoms with van der Waals surface area (Å²) in [5, 5.41) is 4.02. The predicted octanol–water partition coefficient (Wildman–Crippen LogP) is 4.36. The molecule has 136 valence electrons. The standard InChI is InChI=1S/C20H20N6S/c1-13-7-6-10-15-17(13)24-20(27-15)25-18-16(21)19(23-12-22-18)26(2)11-14-8-4-3-5-9-14/h3-10,12H,11,21H2,1-2H3,(H,22,23,24,25). The van der Waals surface area contributed by atoms with Crippen molar-refractivity contribution in [3.63, 3.8) is 0 Å². The van der Waals surface area contributed by atoms with Gasteiger partial charge in [-0.1, -0.05) is 53.8 Å². The molecule has 0 saturated heterocycles. The molecule has 3 N–H and O–H groups in total. The Bertz CT molecular complexity index is 1080. The molecule has 6 nitrogen and oxygen atoms in total. The van der Waals surface area contributed by atoms with Crippen LogP contribution in [0.15, 0.2) is 54.9 Å². The number of nitrogens with two attached hydrogens (primary N) is 1. The van der Waals surface area contributed by atoms with Gasteiger partial charge in [-0.25, -0.2) is 15.0 Å². The lowest BCUT2D eigenvalue weighted by molar-refractivity contribution is 0.894. The number of anilines is 4. The molecule has 0 fully saturated rings. The van der Waals surface area contributed by atoms with E-state index >= 15 is 0 Å². The van der Waals surface area contributed by atoms with Gasteiger partial charge in [0.05, 0.1) is 10.2 Å². The molecular weight excluding hydrogens is 356 g/mol. The first-order valence-corrected chi connectivity index (χ1v) is 9.42. The van der Waals surface area contributed by atoms with Crippen molar-refractivity contribution >= 4 is 44.0 Å². The van der Waals surface area contributed by atoms with Crippen LogP contribution < -0.4 is 16.0 Å². The number of benzene rings is 2. The maximum absolute atomic E-state index is 6.36. The van der Waals surface area contributed by atoms with Gasteiger partial charge in [-0.15, -0.1) is 0 Å². The van der Waals surface area contributed by atoms with E-state index in [1.165, 1.54) is 11.9 Å². The van der Waals surface area contributed by atoms with Crippen LogP contribution in [0.5, 0.6) is 0 Å². The van der Waals surface area contributed by atoms with Gasteiger partial charge in [0.25, 0.3) is 0 Å². The zero-order chi connectivity index (χ0) is 18.8. The van der Waals surface area contributed by atoms with Gasteiger partial charge in [-0.3, -0.25) is 0 Å². The zero-order valence-corrected chi connectivity index (χ0v) is 16.0. The number of nitrogens with one attached hydrogen (secondary N) is 1. The maximum atomic E-state index is 6.36. The number of aryl methyl sites for hydroxylation is 1. The van der Waals surface area contributed by atoms with Gasteiger partial charge in [0.2, 0.25) is 0 Å². The van der Waals surface area contributed by atoms with Crippen molar-refractivity contribution in [2.75, 3.05) is 23.0 Å². The average Bonchev–Trinajstić information content (AvgIpc) is 3.08. The molecule has 0 bridgehead atoms. The largest absolute Gasteiger partial charge is 0.393 e. The normalized spacial score (nSPS) is 10.9. The summed E-state index contributed by atoms with van der Waals surface area (Å²) >= 11 is 1.58. The van der Waals surface area contributed by atoms with Gasteiger partial charge in [0.15, 0.2) is 16.8 Å². The quantitative estimate of drug-likeness (QED) is 0.539. The number of fused-ring (bicyclic) bond motifs is 1. The SMILES string of the molecule is Cc1cccc2sc(Nc3ncnc(N(C)Cc4ccccc4)c3N)nc12. The molecule has 0 aliphatic rings. The summed E-state index contributed by atoms with van der Waals surface area (Å²) in [4.78, 5) is 15.4. The summed E-state index contributed by atoms with van der Waals surface area (Å²) in [5.74, 6) is 1.25. The van der Waals surface area contributed by atoms with Crippen molar-refractivity contribution in [1.82, 2.24) is 15.0 Å². The summed E-state index contributed by atoms with van der Waals surface area (Å²) in [7, 11) is 1.97. The highest BCUT2D eigenvalue weighted by Crippen LogP contribution is 2.33. The number of aromatic nitrogens is 3. The third-order valence-electron chi connectivity index (χ3n) is 4.33. The zero-order valence-electron chi connectivity index (χ0n) is 15.2. The summed E-state index contributed by atoms with van der Waals surface area (Å²) in [5.41, 5.74) is 10.2. The fraction of sp³-hybridized carbons (Fsp3) is 0.150. The molecule has 2 heterocycles. The second kappa shape index (κ2) is 7.20. The Labute approximate surface area is 161 Å². The van der Waals surface area contributed by atoms with Crippen molar-refractivity contribution in [1.29, 1.82) is 0 Å². The van der Waals surface area contributed by atoms with Gasteiger partial charge in [0.1, 0.15) is 12.0 Å². The van der Waals surface area contributed by atoms with Crippen LogP contribution in [0.1, 0.15) is 11.1 Å². The third-order valence-corrected chi connectivity index (χ3v) is 5.27. The van der Waals surface area contributed by atoms with E-state index in [1.54, 1.807) is 11.3 Å². The third kappa shape index (κ3) is 3.54. The molecule has 0 aliphatic heterocycles. The van der Waals surface area contributed by atoms with Crippen molar-refractivity contribution in [2.45, 2.75) is 13.5 Å². The van der Waals surface area contributed by atoms with E-state index in [9.17, 15) is 0 Å². The molecule has 0 amide bonds. The first-order valence-electron chi connectivity index (χ1n) is 8.60. The van der Waals surface area contributed by atoms with Gasteiger partial charge in [0, 0.05) is 13.6 Å². The van der Waals surface area contributed by atoms with Gasteiger partial charge in [-0.05, 0) is 24.1 Å². The molecule has 0 radical (unpaired) electrons. The minimum Gasteiger partial charge on any atom is -0.393 e. The fourth-order valence-electron chi connectivity index (χ4n) is 2.96. The van der Waals surface area contributed by atoms with E-state index in [2.05, 4.69) is 51.5 Å². The smallest absolute Gasteiger partial charge is 0.189 e. The average molecular weight is 376 g/mol. The summed E-state index contributed by atoms with van der Waals surface area (Å²) in [6.07, 6.45) is 1.52. The van der Waals surface area contributed by atoms with E-state index < -0.39 is 0 Å². The minimum atomic E-state index is 0.506. The summed E-state index contributed by atoms with van der Waals surface area (Å²) in [6.45, 7) is 2.77. The fourth-order valence-corrected chi connectivity index (χ4v) is 3.91. The van der Waals surface area contributed by atoms with Crippen LogP contribution >= 0.6 is 11.3 Å². The van der Waals surface area contributed by atoms with E-state index in [-0.39, 0.29) is 0 Å². The highest BCUT2D eigenvalue weighted by molar-refractivity contribution is 7.22. The van der Waals surface area contributed by atoms with E-state index in [0.717, 1.165) is 20.9 Å². The topological polar surface area (TPSA) is 80.0 Å². The Kier molecular flexibility index (Phi) is 4.60. The number of nitrogen functional groups attached to an aromatic ring is 1. The van der Waals surface area contributed by atoms with Crippen molar-refractivity contribution in [3.05, 3.63) is 66.0 Å². The number of hydrogen-bond donors (Lipinski definition) is 2. The lowest BCUT2D eigenvalue weighted by Crippen LogP contribution is -2.20. The number of rotatable bonds is 5. The Morgan fingerprint density at radius 3 is 2.67 bits per heavy atom. The van der Waals surface area contributed by atoms with Crippen LogP contribution in [0.2, 0.25) is 0 Å². The summed E-state index contributed by atoms with van der Waals surface area (Å²) in [6, 6.07) is 16.4. The Hall–Kier alpha value is -3.19. The first kappa shape index (κ1) is 17.2. The van der Waals surface area contributed by atoms with Crippen molar-refractivity contribution in [3.8, 4) is 0 Å². The molecular formula is C20H20N6S. The molecule has 0 atom stereocenters. The highest BCUT2D eigenvalue weighted by Gasteiger charge is 2.14. The van der Waals surface area contributed by atoms with Crippen LogP contribution in [0, 0.1) is 6.92 Å². The molecule has 0 spiro atoms. The molecule has 4 aromatic rings. The lowest BCUT2D eigenvalue weighted by Gasteiger charge is -2.20. The molecule has 4 rings (SSSR count). The van der Waals surface area contributed by atoms with Crippen LogP contribution in [-0.4, -0.2) is 22.0 Å². The maximum Gasteiger partial charge on any atom is 0.189 e. The van der Waals surface area contributed by atoms with Crippen molar-refractivity contribution in [2.24, 2.45) is 0 Å². The van der Waals surface area contributed by atoms with Gasteiger partial charge in [-0.2, -0.15) is 0 Å². The van der Waals surface area contributed by atoms with Crippen LogP contribution in [0.3, 0.4) is 0 Å². The summed E-state index contributed by atoms with van der Waals surface area (Å²) < 4.78 is 1.13. The Balaban J connectivity index is 1.60. The van der Waals surface area contributed by atoms with Gasteiger partial charge < -0.3 is 16.0 Å². The first-order chi connectivity index (χ1) is 13.1. The van der Waals surface area contributed by atoms with Crippen LogP contribution in [-0.2, 0) is 6.54 Å². The second-order valence-electron chi connectivity index (χ2n) is 6.37. The predicted molar refractivity (Wildman–Crippen MR) is 113 cm³/mol. The van der Waals surface area contributed by atoms with Gasteiger partial charge >= 0.3 is 0 Å². The molecule has 0 aliphatic carbocycles. The number of thiazole rings is 1. The molecule has 2 aromatic carbocycles.